The van der Waals surface area contributed by atoms with Crippen LogP contribution in [0.4, 0.5) is 0 Å². The summed E-state index contributed by atoms with van der Waals surface area (Å²) < 4.78 is 1.79. The number of hydrogen-bond donors (Lipinski definition) is 1. The molecule has 15 heavy (non-hydrogen) atoms. The minimum Gasteiger partial charge on any atom is -0.322 e. The topological polar surface area (TPSA) is 69.1 Å². The van der Waals surface area contributed by atoms with Gasteiger partial charge in [-0.05, 0) is 5.92 Å². The maximum Gasteiger partial charge on any atom is 0.234 e. The van der Waals surface area contributed by atoms with Crippen molar-refractivity contribution in [3.63, 3.8) is 0 Å². The summed E-state index contributed by atoms with van der Waals surface area (Å²) in [5.41, 5.74) is 6.04. The normalized spacial score (nSPS) is 13.9. The SMILES string of the molecule is CCc1nnc2sc(C(N)C(C)C)nn12. The van der Waals surface area contributed by atoms with E-state index in [1.54, 1.807) is 4.52 Å². The average molecular weight is 225 g/mol. The van der Waals surface area contributed by atoms with E-state index in [0.29, 0.717) is 5.92 Å². The van der Waals surface area contributed by atoms with Crippen LogP contribution in [0.25, 0.3) is 4.96 Å². The highest BCUT2D eigenvalue weighted by molar-refractivity contribution is 7.16. The van der Waals surface area contributed by atoms with E-state index in [4.69, 9.17) is 5.73 Å². The Morgan fingerprint density at radius 3 is 2.73 bits per heavy atom. The van der Waals surface area contributed by atoms with Gasteiger partial charge < -0.3 is 5.73 Å². The van der Waals surface area contributed by atoms with Crippen LogP contribution in [0, 0.1) is 5.92 Å². The molecule has 2 N–H and O–H groups in total. The molecule has 0 bridgehead atoms. The lowest BCUT2D eigenvalue weighted by atomic mass is 10.1. The fourth-order valence-electron chi connectivity index (χ4n) is 1.31. The standard InChI is InChI=1S/C9H15N5S/c1-4-6-11-12-9-14(6)13-8(15-9)7(10)5(2)3/h5,7H,4,10H2,1-3H3. The predicted octanol–water partition coefficient (Wildman–Crippen LogP) is 1.40. The molecule has 0 aromatic carbocycles. The Morgan fingerprint density at radius 1 is 1.40 bits per heavy atom. The van der Waals surface area contributed by atoms with Crippen molar-refractivity contribution >= 4 is 16.3 Å². The summed E-state index contributed by atoms with van der Waals surface area (Å²) in [6.07, 6.45) is 0.835. The molecule has 2 aromatic rings. The van der Waals surface area contributed by atoms with Crippen LogP contribution in [0.3, 0.4) is 0 Å². The largest absolute Gasteiger partial charge is 0.322 e. The highest BCUT2D eigenvalue weighted by Crippen LogP contribution is 2.23. The molecule has 2 rings (SSSR count). The number of aromatic nitrogens is 4. The van der Waals surface area contributed by atoms with Gasteiger partial charge in [-0.15, -0.1) is 10.2 Å². The molecule has 0 saturated carbocycles. The fourth-order valence-corrected chi connectivity index (χ4v) is 2.34. The predicted molar refractivity (Wildman–Crippen MR) is 59.8 cm³/mol. The Balaban J connectivity index is 2.43. The summed E-state index contributed by atoms with van der Waals surface area (Å²) in [7, 11) is 0. The molecular weight excluding hydrogens is 210 g/mol. The number of fused-ring (bicyclic) bond motifs is 1. The Labute approximate surface area is 92.3 Å². The molecule has 0 spiro atoms. The van der Waals surface area contributed by atoms with Crippen LogP contribution in [0.2, 0.25) is 0 Å². The van der Waals surface area contributed by atoms with Gasteiger partial charge in [0, 0.05) is 6.42 Å². The van der Waals surface area contributed by atoms with Gasteiger partial charge in [-0.1, -0.05) is 32.1 Å². The summed E-state index contributed by atoms with van der Waals surface area (Å²) in [4.78, 5) is 0.831. The van der Waals surface area contributed by atoms with Gasteiger partial charge >= 0.3 is 0 Å². The molecular formula is C9H15N5S. The minimum atomic E-state index is -0.0126. The molecule has 5 nitrogen and oxygen atoms in total. The molecule has 0 fully saturated rings. The lowest BCUT2D eigenvalue weighted by molar-refractivity contribution is 0.506. The fraction of sp³-hybridized carbons (Fsp3) is 0.667. The third-order valence-electron chi connectivity index (χ3n) is 2.39. The second-order valence-corrected chi connectivity index (χ2v) is 4.86. The average Bonchev–Trinajstić information content (AvgIpc) is 2.74. The van der Waals surface area contributed by atoms with E-state index in [1.165, 1.54) is 11.3 Å². The summed E-state index contributed by atoms with van der Waals surface area (Å²) in [5.74, 6) is 1.28. The van der Waals surface area contributed by atoms with Crippen LogP contribution in [0.1, 0.15) is 37.6 Å². The second kappa shape index (κ2) is 3.86. The highest BCUT2D eigenvalue weighted by atomic mass is 32.1. The number of hydrogen-bond acceptors (Lipinski definition) is 5. The van der Waals surface area contributed by atoms with Gasteiger partial charge in [0.2, 0.25) is 4.96 Å². The molecule has 0 aliphatic rings. The van der Waals surface area contributed by atoms with Gasteiger partial charge in [0.05, 0.1) is 6.04 Å². The smallest absolute Gasteiger partial charge is 0.234 e. The van der Waals surface area contributed by atoms with Gasteiger partial charge in [0.25, 0.3) is 0 Å². The highest BCUT2D eigenvalue weighted by Gasteiger charge is 2.17. The summed E-state index contributed by atoms with van der Waals surface area (Å²) in [5, 5.41) is 13.5. The number of aryl methyl sites for hydroxylation is 1. The van der Waals surface area contributed by atoms with Crippen LogP contribution in [0.15, 0.2) is 0 Å². The van der Waals surface area contributed by atoms with Crippen molar-refractivity contribution in [3.8, 4) is 0 Å². The zero-order valence-corrected chi connectivity index (χ0v) is 9.95. The lowest BCUT2D eigenvalue weighted by Crippen LogP contribution is -2.16. The third-order valence-corrected chi connectivity index (χ3v) is 3.39. The number of nitrogens with zero attached hydrogens (tertiary/aromatic N) is 4. The molecule has 0 radical (unpaired) electrons. The molecule has 0 saturated heterocycles. The molecule has 0 aliphatic carbocycles. The van der Waals surface area contributed by atoms with Crippen LogP contribution >= 0.6 is 11.3 Å². The first-order valence-electron chi connectivity index (χ1n) is 5.10. The van der Waals surface area contributed by atoms with Crippen LogP contribution in [-0.4, -0.2) is 19.8 Å². The van der Waals surface area contributed by atoms with E-state index in [0.717, 1.165) is 22.2 Å². The zero-order chi connectivity index (χ0) is 11.0. The van der Waals surface area contributed by atoms with E-state index in [1.807, 2.05) is 6.92 Å². The van der Waals surface area contributed by atoms with E-state index in [9.17, 15) is 0 Å². The molecule has 0 amide bonds. The zero-order valence-electron chi connectivity index (χ0n) is 9.14. The van der Waals surface area contributed by atoms with Crippen molar-refractivity contribution in [2.45, 2.75) is 33.2 Å². The summed E-state index contributed by atoms with van der Waals surface area (Å²) in [6, 6.07) is -0.0126. The van der Waals surface area contributed by atoms with Crippen LogP contribution < -0.4 is 5.73 Å². The van der Waals surface area contributed by atoms with Gasteiger partial charge in [-0.25, -0.2) is 0 Å². The molecule has 2 aromatic heterocycles. The molecule has 1 unspecified atom stereocenters. The van der Waals surface area contributed by atoms with E-state index in [2.05, 4.69) is 29.1 Å². The molecule has 6 heteroatoms. The Bertz CT molecular complexity index is 458. The first kappa shape index (κ1) is 10.5. The first-order chi connectivity index (χ1) is 7.13. The van der Waals surface area contributed by atoms with Crippen molar-refractivity contribution in [2.24, 2.45) is 11.7 Å². The van der Waals surface area contributed by atoms with Crippen LogP contribution in [0.5, 0.6) is 0 Å². The molecule has 0 aliphatic heterocycles. The number of rotatable bonds is 3. The molecule has 1 atom stereocenters. The van der Waals surface area contributed by atoms with E-state index >= 15 is 0 Å². The second-order valence-electron chi connectivity index (χ2n) is 3.87. The Hall–Kier alpha value is -1.01. The van der Waals surface area contributed by atoms with Gasteiger partial charge in [-0.3, -0.25) is 0 Å². The summed E-state index contributed by atoms with van der Waals surface area (Å²) >= 11 is 1.52. The van der Waals surface area contributed by atoms with E-state index in [-0.39, 0.29) is 6.04 Å². The van der Waals surface area contributed by atoms with Gasteiger partial charge in [0.15, 0.2) is 5.82 Å². The minimum absolute atomic E-state index is 0.0126. The Kier molecular flexibility index (Phi) is 2.70. The Morgan fingerprint density at radius 2 is 2.13 bits per heavy atom. The third kappa shape index (κ3) is 1.74. The van der Waals surface area contributed by atoms with Crippen molar-refractivity contribution in [3.05, 3.63) is 10.8 Å². The molecule has 82 valence electrons. The monoisotopic (exact) mass is 225 g/mol. The van der Waals surface area contributed by atoms with E-state index < -0.39 is 0 Å². The number of nitrogens with two attached hydrogens (primary N) is 1. The maximum absolute atomic E-state index is 6.04. The van der Waals surface area contributed by atoms with Crippen molar-refractivity contribution in [1.29, 1.82) is 0 Å². The van der Waals surface area contributed by atoms with Crippen molar-refractivity contribution < 1.29 is 0 Å². The van der Waals surface area contributed by atoms with Gasteiger partial charge in [0.1, 0.15) is 5.01 Å². The van der Waals surface area contributed by atoms with Gasteiger partial charge in [-0.2, -0.15) is 9.61 Å². The van der Waals surface area contributed by atoms with Crippen molar-refractivity contribution in [2.75, 3.05) is 0 Å². The quantitative estimate of drug-likeness (QED) is 0.857. The summed E-state index contributed by atoms with van der Waals surface area (Å²) in [6.45, 7) is 6.22. The maximum atomic E-state index is 6.04. The molecule has 2 heterocycles. The van der Waals surface area contributed by atoms with Crippen LogP contribution in [-0.2, 0) is 6.42 Å². The van der Waals surface area contributed by atoms with Crippen molar-refractivity contribution in [1.82, 2.24) is 19.8 Å². The first-order valence-corrected chi connectivity index (χ1v) is 5.91. The lowest BCUT2D eigenvalue weighted by Gasteiger charge is -2.10.